The van der Waals surface area contributed by atoms with Crippen LogP contribution in [0, 0.1) is 0 Å². The van der Waals surface area contributed by atoms with Gasteiger partial charge >= 0.3 is 0 Å². The molecule has 2 heteroatoms. The van der Waals surface area contributed by atoms with Crippen LogP contribution in [0.4, 0.5) is 0 Å². The van der Waals surface area contributed by atoms with E-state index in [1.807, 2.05) is 0 Å². The van der Waals surface area contributed by atoms with Crippen molar-refractivity contribution in [1.82, 2.24) is 0 Å². The van der Waals surface area contributed by atoms with Crippen LogP contribution in [0.5, 0.6) is 0 Å². The van der Waals surface area contributed by atoms with E-state index in [-0.39, 0.29) is 4.95 Å². The number of hydrogen-bond donors (Lipinski definition) is 1. The molecule has 0 aromatic carbocycles. The van der Waals surface area contributed by atoms with Gasteiger partial charge in [0.2, 0.25) is 0 Å². The minimum atomic E-state index is 0.201. The van der Waals surface area contributed by atoms with Gasteiger partial charge in [0.05, 0.1) is 4.95 Å². The fourth-order valence-electron chi connectivity index (χ4n) is 2.41. The molecule has 0 aliphatic rings. The molecule has 0 radical (unpaired) electrons. The van der Waals surface area contributed by atoms with E-state index >= 15 is 0 Å². The summed E-state index contributed by atoms with van der Waals surface area (Å²) in [6.07, 6.45) is 23.6. The Balaban J connectivity index is 3.05. The number of nitrogens with two attached hydrogens (primary N) is 1. The molecule has 0 bridgehead atoms. The third-order valence-electron chi connectivity index (χ3n) is 3.74. The number of hydrogen-bond acceptors (Lipinski definition) is 1. The summed E-state index contributed by atoms with van der Waals surface area (Å²) in [6, 6.07) is 0. The molecule has 0 aliphatic carbocycles. The van der Waals surface area contributed by atoms with Crippen LogP contribution in [-0.4, -0.2) is 4.95 Å². The summed E-state index contributed by atoms with van der Waals surface area (Å²) in [7, 11) is 0. The van der Waals surface area contributed by atoms with Crippen LogP contribution in [0.3, 0.4) is 0 Å². The minimum Gasteiger partial charge on any atom is -0.319 e. The summed E-state index contributed by atoms with van der Waals surface area (Å²) in [4.78, 5) is 0.201. The molecule has 0 saturated heterocycles. The van der Waals surface area contributed by atoms with Gasteiger partial charge in [0.25, 0.3) is 0 Å². The Hall–Kier alpha value is 0.180. The van der Waals surface area contributed by atoms with Crippen LogP contribution in [-0.2, 0) is 0 Å². The Morgan fingerprint density at radius 3 is 1.70 bits per heavy atom. The highest BCUT2D eigenvalue weighted by Gasteiger charge is 1.95. The van der Waals surface area contributed by atoms with Crippen LogP contribution in [0.1, 0.15) is 96.8 Å². The molecule has 0 spiro atoms. The summed E-state index contributed by atoms with van der Waals surface area (Å²) in [5.74, 6) is 0. The predicted molar refractivity (Wildman–Crippen MR) is 96.4 cm³/mol. The van der Waals surface area contributed by atoms with E-state index < -0.39 is 0 Å². The van der Waals surface area contributed by atoms with Crippen molar-refractivity contribution in [3.05, 3.63) is 12.2 Å². The van der Waals surface area contributed by atoms with Gasteiger partial charge in [0.15, 0.2) is 0 Å². The first-order valence-electron chi connectivity index (χ1n) is 8.82. The van der Waals surface area contributed by atoms with Gasteiger partial charge in [-0.25, -0.2) is 0 Å². The lowest BCUT2D eigenvalue weighted by Gasteiger charge is -2.02. The Labute approximate surface area is 135 Å². The topological polar surface area (TPSA) is 26.0 Å². The first kappa shape index (κ1) is 20.2. The number of halogens is 1. The molecule has 0 aromatic heterocycles. The number of unbranched alkanes of at least 4 members (excludes halogenated alkanes) is 11. The molecule has 2 N–H and O–H groups in total. The van der Waals surface area contributed by atoms with Crippen molar-refractivity contribution in [2.45, 2.75) is 102 Å². The van der Waals surface area contributed by atoms with Crippen molar-refractivity contribution < 1.29 is 0 Å². The second kappa shape index (κ2) is 17.2. The maximum absolute atomic E-state index is 5.65. The lowest BCUT2D eigenvalue weighted by atomic mass is 10.1. The maximum atomic E-state index is 5.65. The summed E-state index contributed by atoms with van der Waals surface area (Å²) < 4.78 is 0. The Kier molecular flexibility index (Phi) is 17.4. The van der Waals surface area contributed by atoms with Crippen LogP contribution in [0.25, 0.3) is 0 Å². The smallest absolute Gasteiger partial charge is 0.0605 e. The monoisotopic (exact) mass is 345 g/mol. The van der Waals surface area contributed by atoms with Crippen molar-refractivity contribution in [2.75, 3.05) is 0 Å². The molecule has 0 fully saturated rings. The highest BCUT2D eigenvalue weighted by molar-refractivity contribution is 9.09. The van der Waals surface area contributed by atoms with E-state index in [0.29, 0.717) is 0 Å². The molecular formula is C18H36BrN. The maximum Gasteiger partial charge on any atom is 0.0605 e. The second-order valence-electron chi connectivity index (χ2n) is 5.89. The summed E-state index contributed by atoms with van der Waals surface area (Å²) >= 11 is 3.38. The Morgan fingerprint density at radius 1 is 0.750 bits per heavy atom. The molecule has 0 aromatic rings. The largest absolute Gasteiger partial charge is 0.319 e. The number of rotatable bonds is 15. The third kappa shape index (κ3) is 18.2. The average Bonchev–Trinajstić information content (AvgIpc) is 2.43. The van der Waals surface area contributed by atoms with Gasteiger partial charge in [-0.1, -0.05) is 92.8 Å². The molecule has 20 heavy (non-hydrogen) atoms. The van der Waals surface area contributed by atoms with Gasteiger partial charge in [-0.2, -0.15) is 0 Å². The van der Waals surface area contributed by atoms with Gasteiger partial charge < -0.3 is 5.73 Å². The summed E-state index contributed by atoms with van der Waals surface area (Å²) in [6.45, 7) is 2.28. The van der Waals surface area contributed by atoms with Gasteiger partial charge in [0, 0.05) is 0 Å². The molecule has 1 nitrogen and oxygen atoms in total. The molecule has 120 valence electrons. The highest BCUT2D eigenvalue weighted by atomic mass is 79.9. The van der Waals surface area contributed by atoms with E-state index in [4.69, 9.17) is 5.73 Å². The molecule has 0 amide bonds. The Morgan fingerprint density at radius 2 is 1.20 bits per heavy atom. The third-order valence-corrected chi connectivity index (χ3v) is 4.20. The molecule has 0 aliphatic heterocycles. The Bertz CT molecular complexity index is 202. The summed E-state index contributed by atoms with van der Waals surface area (Å²) in [5, 5.41) is 0. The van der Waals surface area contributed by atoms with E-state index in [2.05, 4.69) is 35.0 Å². The van der Waals surface area contributed by atoms with Gasteiger partial charge in [-0.15, -0.1) is 0 Å². The normalized spacial score (nSPS) is 13.2. The predicted octanol–water partition coefficient (Wildman–Crippen LogP) is 6.70. The van der Waals surface area contributed by atoms with Crippen molar-refractivity contribution in [3.8, 4) is 0 Å². The summed E-state index contributed by atoms with van der Waals surface area (Å²) in [5.41, 5.74) is 5.65. The zero-order valence-electron chi connectivity index (χ0n) is 13.6. The molecule has 0 saturated carbocycles. The van der Waals surface area contributed by atoms with Gasteiger partial charge in [-0.05, 0) is 32.1 Å². The van der Waals surface area contributed by atoms with E-state index in [1.54, 1.807) is 0 Å². The molecule has 1 unspecified atom stereocenters. The van der Waals surface area contributed by atoms with Crippen LogP contribution < -0.4 is 5.73 Å². The standard InChI is InChI=1S/C18H36BrN/c1-2-3-4-5-6-7-8-9-10-11-12-13-14-15-16-17-18(19)20/h9-10,18H,2-8,11-17,20H2,1H3/b10-9-. The van der Waals surface area contributed by atoms with Crippen LogP contribution >= 0.6 is 15.9 Å². The van der Waals surface area contributed by atoms with Crippen LogP contribution in [0.15, 0.2) is 12.2 Å². The van der Waals surface area contributed by atoms with Crippen molar-refractivity contribution in [1.29, 1.82) is 0 Å². The number of allylic oxidation sites excluding steroid dienone is 2. The van der Waals surface area contributed by atoms with Crippen LogP contribution in [0.2, 0.25) is 0 Å². The minimum absolute atomic E-state index is 0.201. The van der Waals surface area contributed by atoms with E-state index in [0.717, 1.165) is 6.42 Å². The van der Waals surface area contributed by atoms with Gasteiger partial charge in [0.1, 0.15) is 0 Å². The van der Waals surface area contributed by atoms with E-state index in [9.17, 15) is 0 Å². The average molecular weight is 346 g/mol. The molecule has 0 rings (SSSR count). The van der Waals surface area contributed by atoms with Crippen molar-refractivity contribution >= 4 is 15.9 Å². The zero-order valence-corrected chi connectivity index (χ0v) is 15.2. The molecule has 1 atom stereocenters. The molecular weight excluding hydrogens is 310 g/mol. The lowest BCUT2D eigenvalue weighted by Crippen LogP contribution is -2.09. The highest BCUT2D eigenvalue weighted by Crippen LogP contribution is 2.11. The van der Waals surface area contributed by atoms with Gasteiger partial charge in [-0.3, -0.25) is 0 Å². The SMILES string of the molecule is CCCCCCCC/C=C\CCCCCCCC(N)Br. The molecule has 0 heterocycles. The quantitative estimate of drug-likeness (QED) is 0.152. The van der Waals surface area contributed by atoms with Crippen molar-refractivity contribution in [3.63, 3.8) is 0 Å². The van der Waals surface area contributed by atoms with Crippen molar-refractivity contribution in [2.24, 2.45) is 5.73 Å². The fraction of sp³-hybridized carbons (Fsp3) is 0.889. The fourth-order valence-corrected chi connectivity index (χ4v) is 2.73. The van der Waals surface area contributed by atoms with E-state index in [1.165, 1.54) is 83.5 Å². The zero-order chi connectivity index (χ0) is 14.9. The first-order chi connectivity index (χ1) is 9.77. The number of alkyl halides is 1. The lowest BCUT2D eigenvalue weighted by molar-refractivity contribution is 0.593. The first-order valence-corrected chi connectivity index (χ1v) is 9.73. The second-order valence-corrected chi connectivity index (χ2v) is 7.07.